The standard InChI is InChI=1S/C17H21ClFN3O2/c1-22-8-7-13(16(22)10-5-6-11(18)12(19)9-10)21-17(24)14-3-2-4-15(23)20-14/h5-6,9,13-14,16H,2-4,7-8H2,1H3,(H,20,23)(H,21,24)/t13-,14-,16+/m1/s1. The van der Waals surface area contributed by atoms with E-state index in [1.54, 1.807) is 12.1 Å². The number of nitrogens with one attached hydrogen (secondary N) is 2. The second-order valence-corrected chi connectivity index (χ2v) is 6.92. The Kier molecular flexibility index (Phi) is 5.06. The second kappa shape index (κ2) is 7.07. The van der Waals surface area contributed by atoms with E-state index in [-0.39, 0.29) is 28.9 Å². The van der Waals surface area contributed by atoms with E-state index in [4.69, 9.17) is 11.6 Å². The van der Waals surface area contributed by atoms with Gasteiger partial charge in [-0.25, -0.2) is 4.39 Å². The molecule has 24 heavy (non-hydrogen) atoms. The largest absolute Gasteiger partial charge is 0.350 e. The molecule has 0 aliphatic carbocycles. The van der Waals surface area contributed by atoms with Crippen molar-refractivity contribution in [3.05, 3.63) is 34.6 Å². The van der Waals surface area contributed by atoms with Gasteiger partial charge in [-0.2, -0.15) is 0 Å². The minimum absolute atomic E-state index is 0.0822. The summed E-state index contributed by atoms with van der Waals surface area (Å²) in [5.41, 5.74) is 0.787. The molecule has 3 atom stereocenters. The number of benzene rings is 1. The zero-order chi connectivity index (χ0) is 17.3. The van der Waals surface area contributed by atoms with Crippen molar-refractivity contribution < 1.29 is 14.0 Å². The van der Waals surface area contributed by atoms with Crippen molar-refractivity contribution in [3.63, 3.8) is 0 Å². The number of nitrogens with zero attached hydrogens (tertiary/aromatic N) is 1. The van der Waals surface area contributed by atoms with Crippen molar-refractivity contribution in [1.29, 1.82) is 0 Å². The molecule has 5 nitrogen and oxygen atoms in total. The van der Waals surface area contributed by atoms with Crippen LogP contribution in [-0.2, 0) is 9.59 Å². The lowest BCUT2D eigenvalue weighted by molar-refractivity contribution is -0.131. The first-order valence-electron chi connectivity index (χ1n) is 8.20. The number of carbonyl (C=O) groups is 2. The summed E-state index contributed by atoms with van der Waals surface area (Å²) in [6.07, 6.45) is 2.63. The Morgan fingerprint density at radius 3 is 2.92 bits per heavy atom. The van der Waals surface area contributed by atoms with Gasteiger partial charge >= 0.3 is 0 Å². The zero-order valence-corrected chi connectivity index (χ0v) is 14.3. The first-order valence-corrected chi connectivity index (χ1v) is 8.58. The van der Waals surface area contributed by atoms with Crippen LogP contribution in [0, 0.1) is 5.82 Å². The van der Waals surface area contributed by atoms with E-state index in [9.17, 15) is 14.0 Å². The number of likely N-dealkylation sites (tertiary alicyclic amines) is 1. The van der Waals surface area contributed by atoms with Gasteiger partial charge in [-0.1, -0.05) is 17.7 Å². The number of halogens is 2. The van der Waals surface area contributed by atoms with Gasteiger partial charge in [-0.15, -0.1) is 0 Å². The lowest BCUT2D eigenvalue weighted by Crippen LogP contribution is -2.52. The van der Waals surface area contributed by atoms with Crippen LogP contribution in [0.2, 0.25) is 5.02 Å². The molecule has 3 rings (SSSR count). The molecule has 2 heterocycles. The van der Waals surface area contributed by atoms with E-state index < -0.39 is 11.9 Å². The predicted octanol–water partition coefficient (Wildman–Crippen LogP) is 2.01. The van der Waals surface area contributed by atoms with Crippen molar-refractivity contribution in [1.82, 2.24) is 15.5 Å². The van der Waals surface area contributed by atoms with Gasteiger partial charge in [-0.05, 0) is 44.0 Å². The highest BCUT2D eigenvalue weighted by atomic mass is 35.5. The molecule has 1 aromatic rings. The van der Waals surface area contributed by atoms with Gasteiger partial charge in [0.05, 0.1) is 11.1 Å². The Labute approximate surface area is 145 Å². The number of hydrogen-bond donors (Lipinski definition) is 2. The number of amides is 2. The summed E-state index contributed by atoms with van der Waals surface area (Å²) in [4.78, 5) is 26.0. The third-order valence-corrected chi connectivity index (χ3v) is 5.12. The monoisotopic (exact) mass is 353 g/mol. The lowest BCUT2D eigenvalue weighted by atomic mass is 9.98. The van der Waals surface area contributed by atoms with Crippen molar-refractivity contribution in [2.24, 2.45) is 0 Å². The highest BCUT2D eigenvalue weighted by Gasteiger charge is 2.36. The fraction of sp³-hybridized carbons (Fsp3) is 0.529. The SMILES string of the molecule is CN1CC[C@@H](NC(=O)[C@H]2CCCC(=O)N2)[C@@H]1c1ccc(Cl)c(F)c1. The summed E-state index contributed by atoms with van der Waals surface area (Å²) in [5.74, 6) is -0.705. The van der Waals surface area contributed by atoms with Gasteiger partial charge in [0.2, 0.25) is 11.8 Å². The van der Waals surface area contributed by atoms with E-state index in [1.165, 1.54) is 6.07 Å². The van der Waals surface area contributed by atoms with Crippen LogP contribution in [0.1, 0.15) is 37.3 Å². The minimum Gasteiger partial charge on any atom is -0.350 e. The molecular formula is C17H21ClFN3O2. The highest BCUT2D eigenvalue weighted by Crippen LogP contribution is 2.32. The molecule has 2 fully saturated rings. The molecule has 2 amide bonds. The Balaban J connectivity index is 1.73. The molecule has 7 heteroatoms. The molecule has 2 N–H and O–H groups in total. The molecule has 0 aromatic heterocycles. The molecule has 0 bridgehead atoms. The lowest BCUT2D eigenvalue weighted by Gasteiger charge is -2.29. The molecule has 1 aromatic carbocycles. The highest BCUT2D eigenvalue weighted by molar-refractivity contribution is 6.30. The van der Waals surface area contributed by atoms with Crippen LogP contribution >= 0.6 is 11.6 Å². The Bertz CT molecular complexity index is 655. The third kappa shape index (κ3) is 3.54. The van der Waals surface area contributed by atoms with Gasteiger partial charge in [0.15, 0.2) is 0 Å². The quantitative estimate of drug-likeness (QED) is 0.873. The molecule has 0 unspecified atom stereocenters. The molecule has 0 radical (unpaired) electrons. The van der Waals surface area contributed by atoms with E-state index in [0.717, 1.165) is 24.9 Å². The van der Waals surface area contributed by atoms with Gasteiger partial charge in [-0.3, -0.25) is 14.5 Å². The normalized spacial score (nSPS) is 27.8. The van der Waals surface area contributed by atoms with E-state index >= 15 is 0 Å². The molecule has 2 saturated heterocycles. The first-order chi connectivity index (χ1) is 11.5. The fourth-order valence-corrected chi connectivity index (χ4v) is 3.68. The molecule has 0 saturated carbocycles. The predicted molar refractivity (Wildman–Crippen MR) is 89.1 cm³/mol. The van der Waals surface area contributed by atoms with E-state index in [0.29, 0.717) is 12.8 Å². The van der Waals surface area contributed by atoms with Gasteiger partial charge < -0.3 is 10.6 Å². The van der Waals surface area contributed by atoms with Crippen LogP contribution in [0.25, 0.3) is 0 Å². The summed E-state index contributed by atoms with van der Waals surface area (Å²) >= 11 is 5.76. The van der Waals surface area contributed by atoms with Crippen LogP contribution in [-0.4, -0.2) is 42.4 Å². The topological polar surface area (TPSA) is 61.4 Å². The van der Waals surface area contributed by atoms with Crippen molar-refractivity contribution in [2.45, 2.75) is 43.8 Å². The van der Waals surface area contributed by atoms with E-state index in [1.807, 2.05) is 7.05 Å². The van der Waals surface area contributed by atoms with Crippen molar-refractivity contribution in [2.75, 3.05) is 13.6 Å². The van der Waals surface area contributed by atoms with Gasteiger partial charge in [0, 0.05) is 19.0 Å². The van der Waals surface area contributed by atoms with Crippen LogP contribution in [0.4, 0.5) is 4.39 Å². The third-order valence-electron chi connectivity index (χ3n) is 4.81. The first kappa shape index (κ1) is 17.2. The maximum Gasteiger partial charge on any atom is 0.242 e. The average molecular weight is 354 g/mol. The minimum atomic E-state index is -0.472. The van der Waals surface area contributed by atoms with Crippen LogP contribution in [0.15, 0.2) is 18.2 Å². The number of hydrogen-bond acceptors (Lipinski definition) is 3. The number of likely N-dealkylation sites (N-methyl/N-ethyl adjacent to an activating group) is 1. The number of carbonyl (C=O) groups excluding carboxylic acids is 2. The van der Waals surface area contributed by atoms with Crippen molar-refractivity contribution >= 4 is 23.4 Å². The molecule has 2 aliphatic heterocycles. The summed E-state index contributed by atoms with van der Waals surface area (Å²) in [6, 6.07) is 4.05. The maximum atomic E-state index is 13.8. The van der Waals surface area contributed by atoms with Gasteiger partial charge in [0.25, 0.3) is 0 Å². The van der Waals surface area contributed by atoms with Crippen LogP contribution in [0.5, 0.6) is 0 Å². The fourth-order valence-electron chi connectivity index (χ4n) is 3.57. The molecule has 2 aliphatic rings. The Morgan fingerprint density at radius 1 is 1.42 bits per heavy atom. The summed E-state index contributed by atoms with van der Waals surface area (Å²) in [6.45, 7) is 0.802. The van der Waals surface area contributed by atoms with Crippen LogP contribution < -0.4 is 10.6 Å². The second-order valence-electron chi connectivity index (χ2n) is 6.52. The Hall–Kier alpha value is -1.66. The molecular weight excluding hydrogens is 333 g/mol. The zero-order valence-electron chi connectivity index (χ0n) is 13.5. The summed E-state index contributed by atoms with van der Waals surface area (Å²) < 4.78 is 13.8. The summed E-state index contributed by atoms with van der Waals surface area (Å²) in [7, 11) is 1.95. The van der Waals surface area contributed by atoms with E-state index in [2.05, 4.69) is 15.5 Å². The number of piperidine rings is 1. The number of rotatable bonds is 3. The van der Waals surface area contributed by atoms with Crippen molar-refractivity contribution in [3.8, 4) is 0 Å². The van der Waals surface area contributed by atoms with Crippen LogP contribution in [0.3, 0.4) is 0 Å². The maximum absolute atomic E-state index is 13.8. The average Bonchev–Trinajstić information content (AvgIpc) is 2.90. The molecule has 130 valence electrons. The Morgan fingerprint density at radius 2 is 2.21 bits per heavy atom. The summed E-state index contributed by atoms with van der Waals surface area (Å²) in [5, 5.41) is 5.85. The molecule has 0 spiro atoms. The smallest absolute Gasteiger partial charge is 0.242 e. The van der Waals surface area contributed by atoms with Gasteiger partial charge in [0.1, 0.15) is 11.9 Å².